The minimum Gasteiger partial charge on any atom is -0.497 e. The van der Waals surface area contributed by atoms with Crippen LogP contribution in [0.25, 0.3) is 10.2 Å². The van der Waals surface area contributed by atoms with Gasteiger partial charge in [0.2, 0.25) is 11.8 Å². The molecule has 0 aliphatic carbocycles. The molecule has 1 unspecified atom stereocenters. The van der Waals surface area contributed by atoms with Gasteiger partial charge in [-0.15, -0.1) is 11.3 Å². The average Bonchev–Trinajstić information content (AvgIpc) is 3.27. The van der Waals surface area contributed by atoms with Gasteiger partial charge in [-0.05, 0) is 42.8 Å². The SMILES string of the molecule is COc1ccc(CNC(=O)C2CC(=O)N(c3ccc4sc(C)nc4c3)C2)cc1. The Morgan fingerprint density at radius 3 is 2.82 bits per heavy atom. The number of aryl methyl sites for hydroxylation is 1. The van der Waals surface area contributed by atoms with Gasteiger partial charge in [0, 0.05) is 25.2 Å². The van der Waals surface area contributed by atoms with Crippen LogP contribution in [0.3, 0.4) is 0 Å². The predicted octanol–water partition coefficient (Wildman–Crippen LogP) is 3.28. The third-order valence-electron chi connectivity index (χ3n) is 4.91. The zero-order valence-electron chi connectivity index (χ0n) is 15.8. The molecule has 4 rings (SSSR count). The molecule has 1 saturated heterocycles. The Kier molecular flexibility index (Phi) is 5.00. The lowest BCUT2D eigenvalue weighted by atomic mass is 10.1. The van der Waals surface area contributed by atoms with Gasteiger partial charge in [0.25, 0.3) is 0 Å². The van der Waals surface area contributed by atoms with E-state index < -0.39 is 0 Å². The lowest BCUT2D eigenvalue weighted by molar-refractivity contribution is -0.126. The van der Waals surface area contributed by atoms with Crippen LogP contribution in [0.15, 0.2) is 42.5 Å². The van der Waals surface area contributed by atoms with Crippen LogP contribution >= 0.6 is 11.3 Å². The van der Waals surface area contributed by atoms with E-state index in [0.29, 0.717) is 13.1 Å². The minimum absolute atomic E-state index is 0.0316. The smallest absolute Gasteiger partial charge is 0.227 e. The molecule has 6 nitrogen and oxygen atoms in total. The Bertz CT molecular complexity index is 1030. The summed E-state index contributed by atoms with van der Waals surface area (Å²) in [6.45, 7) is 2.79. The molecule has 1 fully saturated rings. The number of nitrogens with zero attached hydrogens (tertiary/aromatic N) is 2. The van der Waals surface area contributed by atoms with Crippen molar-refractivity contribution in [2.24, 2.45) is 5.92 Å². The summed E-state index contributed by atoms with van der Waals surface area (Å²) >= 11 is 1.63. The third-order valence-corrected chi connectivity index (χ3v) is 5.86. The predicted molar refractivity (Wildman–Crippen MR) is 110 cm³/mol. The number of fused-ring (bicyclic) bond motifs is 1. The number of hydrogen-bond donors (Lipinski definition) is 1. The molecule has 1 aliphatic heterocycles. The van der Waals surface area contributed by atoms with Crippen molar-refractivity contribution in [1.82, 2.24) is 10.3 Å². The van der Waals surface area contributed by atoms with Gasteiger partial charge in [0.1, 0.15) is 5.75 Å². The van der Waals surface area contributed by atoms with E-state index in [-0.39, 0.29) is 24.2 Å². The summed E-state index contributed by atoms with van der Waals surface area (Å²) in [4.78, 5) is 31.2. The number of hydrogen-bond acceptors (Lipinski definition) is 5. The molecule has 1 aromatic heterocycles. The molecule has 0 radical (unpaired) electrons. The van der Waals surface area contributed by atoms with E-state index in [9.17, 15) is 9.59 Å². The van der Waals surface area contributed by atoms with Gasteiger partial charge in [0.15, 0.2) is 0 Å². The molecule has 2 amide bonds. The molecule has 2 aromatic carbocycles. The van der Waals surface area contributed by atoms with Crippen LogP contribution in [0, 0.1) is 12.8 Å². The molecule has 28 heavy (non-hydrogen) atoms. The molecule has 1 N–H and O–H groups in total. The summed E-state index contributed by atoms with van der Waals surface area (Å²) in [6, 6.07) is 13.4. The molecular formula is C21H21N3O3S. The maximum atomic E-state index is 12.6. The highest BCUT2D eigenvalue weighted by atomic mass is 32.1. The Hall–Kier alpha value is -2.93. The van der Waals surface area contributed by atoms with Gasteiger partial charge in [-0.2, -0.15) is 0 Å². The summed E-state index contributed by atoms with van der Waals surface area (Å²) in [5, 5.41) is 3.93. The zero-order valence-corrected chi connectivity index (χ0v) is 16.6. The third kappa shape index (κ3) is 3.71. The summed E-state index contributed by atoms with van der Waals surface area (Å²) < 4.78 is 6.23. The van der Waals surface area contributed by atoms with Gasteiger partial charge in [-0.25, -0.2) is 4.98 Å². The number of carbonyl (C=O) groups excluding carboxylic acids is 2. The van der Waals surface area contributed by atoms with Gasteiger partial charge < -0.3 is 15.0 Å². The summed E-state index contributed by atoms with van der Waals surface area (Å²) in [5.41, 5.74) is 2.67. The first-order valence-electron chi connectivity index (χ1n) is 9.11. The topological polar surface area (TPSA) is 71.5 Å². The fraction of sp³-hybridized carbons (Fsp3) is 0.286. The maximum absolute atomic E-state index is 12.6. The van der Waals surface area contributed by atoms with E-state index in [2.05, 4.69) is 10.3 Å². The molecule has 7 heteroatoms. The van der Waals surface area contributed by atoms with Crippen LogP contribution < -0.4 is 15.0 Å². The molecule has 3 aromatic rings. The lowest BCUT2D eigenvalue weighted by Gasteiger charge is -2.16. The van der Waals surface area contributed by atoms with Crippen LogP contribution in [0.4, 0.5) is 5.69 Å². The number of rotatable bonds is 5. The Balaban J connectivity index is 1.40. The van der Waals surface area contributed by atoms with Crippen LogP contribution in [0.5, 0.6) is 5.75 Å². The number of carbonyl (C=O) groups is 2. The van der Waals surface area contributed by atoms with Crippen molar-refractivity contribution in [2.45, 2.75) is 19.9 Å². The molecule has 0 bridgehead atoms. The molecule has 2 heterocycles. The maximum Gasteiger partial charge on any atom is 0.227 e. The number of ether oxygens (including phenoxy) is 1. The second kappa shape index (κ2) is 7.59. The highest BCUT2D eigenvalue weighted by Crippen LogP contribution is 2.30. The molecular weight excluding hydrogens is 374 g/mol. The molecule has 0 saturated carbocycles. The van der Waals surface area contributed by atoms with Crippen molar-refractivity contribution in [2.75, 3.05) is 18.6 Å². The first kappa shape index (κ1) is 18.4. The zero-order chi connectivity index (χ0) is 19.7. The standard InChI is InChI=1S/C21H21N3O3S/c1-13-23-18-10-16(5-8-19(18)28-13)24-12-15(9-20(24)25)21(26)22-11-14-3-6-17(27-2)7-4-14/h3-8,10,15H,9,11-12H2,1-2H3,(H,22,26). The summed E-state index contributed by atoms with van der Waals surface area (Å²) in [7, 11) is 1.62. The monoisotopic (exact) mass is 395 g/mol. The van der Waals surface area contributed by atoms with Crippen molar-refractivity contribution in [3.63, 3.8) is 0 Å². The van der Waals surface area contributed by atoms with Gasteiger partial charge >= 0.3 is 0 Å². The van der Waals surface area contributed by atoms with Crippen LogP contribution in [0.1, 0.15) is 17.0 Å². The number of aromatic nitrogens is 1. The second-order valence-electron chi connectivity index (χ2n) is 6.86. The quantitative estimate of drug-likeness (QED) is 0.720. The number of methoxy groups -OCH3 is 1. The van der Waals surface area contributed by atoms with E-state index in [1.807, 2.05) is 49.4 Å². The highest BCUT2D eigenvalue weighted by Gasteiger charge is 2.35. The molecule has 144 valence electrons. The number of benzene rings is 2. The largest absolute Gasteiger partial charge is 0.497 e. The van der Waals surface area contributed by atoms with Crippen LogP contribution in [-0.4, -0.2) is 30.5 Å². The van der Waals surface area contributed by atoms with E-state index in [0.717, 1.165) is 32.2 Å². The summed E-state index contributed by atoms with van der Waals surface area (Å²) in [6.07, 6.45) is 0.225. The fourth-order valence-corrected chi connectivity index (χ4v) is 4.22. The Labute approximate surface area is 167 Å². The van der Waals surface area contributed by atoms with E-state index >= 15 is 0 Å². The molecule has 0 spiro atoms. The first-order valence-corrected chi connectivity index (χ1v) is 9.93. The molecule has 1 aliphatic rings. The normalized spacial score (nSPS) is 16.6. The van der Waals surface area contributed by atoms with Crippen molar-refractivity contribution < 1.29 is 14.3 Å². The number of anilines is 1. The number of nitrogens with one attached hydrogen (secondary N) is 1. The van der Waals surface area contributed by atoms with Gasteiger partial charge in [-0.1, -0.05) is 12.1 Å². The number of thiazole rings is 1. The van der Waals surface area contributed by atoms with E-state index in [4.69, 9.17) is 4.74 Å². The average molecular weight is 395 g/mol. The summed E-state index contributed by atoms with van der Waals surface area (Å²) in [5.74, 6) is 0.297. The van der Waals surface area contributed by atoms with E-state index in [1.54, 1.807) is 23.3 Å². The van der Waals surface area contributed by atoms with Crippen molar-refractivity contribution in [3.8, 4) is 5.75 Å². The first-order chi connectivity index (χ1) is 13.5. The van der Waals surface area contributed by atoms with Crippen molar-refractivity contribution in [1.29, 1.82) is 0 Å². The second-order valence-corrected chi connectivity index (χ2v) is 8.09. The minimum atomic E-state index is -0.349. The Morgan fingerprint density at radius 1 is 1.29 bits per heavy atom. The lowest BCUT2D eigenvalue weighted by Crippen LogP contribution is -2.32. The van der Waals surface area contributed by atoms with Gasteiger partial charge in [0.05, 0.1) is 28.3 Å². The highest BCUT2D eigenvalue weighted by molar-refractivity contribution is 7.18. The van der Waals surface area contributed by atoms with Gasteiger partial charge in [-0.3, -0.25) is 9.59 Å². The van der Waals surface area contributed by atoms with E-state index in [1.165, 1.54) is 0 Å². The van der Waals surface area contributed by atoms with Crippen LogP contribution in [0.2, 0.25) is 0 Å². The number of amides is 2. The van der Waals surface area contributed by atoms with Crippen molar-refractivity contribution in [3.05, 3.63) is 53.0 Å². The Morgan fingerprint density at radius 2 is 2.07 bits per heavy atom. The van der Waals surface area contributed by atoms with Crippen LogP contribution in [-0.2, 0) is 16.1 Å². The fourth-order valence-electron chi connectivity index (χ4n) is 3.41. The van der Waals surface area contributed by atoms with Crippen molar-refractivity contribution >= 4 is 39.1 Å². The molecule has 1 atom stereocenters.